The normalized spacial score (nSPS) is 22.4. The molecule has 2 aliphatic rings. The van der Waals surface area contributed by atoms with Crippen LogP contribution >= 0.6 is 0 Å². The van der Waals surface area contributed by atoms with Gasteiger partial charge in [0.1, 0.15) is 0 Å². The summed E-state index contributed by atoms with van der Waals surface area (Å²) in [6, 6.07) is 0.0146. The summed E-state index contributed by atoms with van der Waals surface area (Å²) in [5.74, 6) is 0.787. The zero-order chi connectivity index (χ0) is 13.9. The van der Waals surface area contributed by atoms with Crippen molar-refractivity contribution in [2.45, 2.75) is 31.7 Å². The lowest BCUT2D eigenvalue weighted by Gasteiger charge is -2.31. The molecule has 2 fully saturated rings. The molecule has 6 nitrogen and oxygen atoms in total. The van der Waals surface area contributed by atoms with Crippen molar-refractivity contribution < 1.29 is 13.2 Å². The van der Waals surface area contributed by atoms with E-state index in [4.69, 9.17) is 0 Å². The molecule has 2 rings (SSSR count). The second-order valence-electron chi connectivity index (χ2n) is 5.69. The average molecular weight is 289 g/mol. The standard InChI is InChI=1S/C12H23N3O3S/c1-19(17,18)14-11-4-6-15(7-5-11)9-12(16)13-8-10-2-3-10/h10-11,14H,2-9H2,1H3,(H,13,16). The topological polar surface area (TPSA) is 78.5 Å². The molecular weight excluding hydrogens is 266 g/mol. The van der Waals surface area contributed by atoms with E-state index in [2.05, 4.69) is 14.9 Å². The fourth-order valence-electron chi connectivity index (χ4n) is 2.35. The van der Waals surface area contributed by atoms with Gasteiger partial charge in [-0.25, -0.2) is 13.1 Å². The van der Waals surface area contributed by atoms with Crippen molar-refractivity contribution >= 4 is 15.9 Å². The van der Waals surface area contributed by atoms with Crippen LogP contribution in [0, 0.1) is 5.92 Å². The van der Waals surface area contributed by atoms with Crippen LogP contribution in [0.1, 0.15) is 25.7 Å². The quantitative estimate of drug-likeness (QED) is 0.693. The van der Waals surface area contributed by atoms with Gasteiger partial charge < -0.3 is 5.32 Å². The minimum absolute atomic E-state index is 0.0146. The van der Waals surface area contributed by atoms with Gasteiger partial charge in [0.25, 0.3) is 0 Å². The lowest BCUT2D eigenvalue weighted by Crippen LogP contribution is -2.47. The lowest BCUT2D eigenvalue weighted by atomic mass is 10.1. The van der Waals surface area contributed by atoms with Crippen LogP contribution in [-0.4, -0.2) is 57.7 Å². The first-order valence-corrected chi connectivity index (χ1v) is 8.78. The molecule has 0 unspecified atom stereocenters. The van der Waals surface area contributed by atoms with Crippen LogP contribution in [0.2, 0.25) is 0 Å². The summed E-state index contributed by atoms with van der Waals surface area (Å²) in [7, 11) is -3.12. The average Bonchev–Trinajstić information content (AvgIpc) is 3.11. The molecule has 1 aliphatic carbocycles. The molecule has 0 atom stereocenters. The number of rotatable bonds is 6. The van der Waals surface area contributed by atoms with Gasteiger partial charge in [-0.05, 0) is 31.6 Å². The van der Waals surface area contributed by atoms with Crippen molar-refractivity contribution in [2.24, 2.45) is 5.92 Å². The van der Waals surface area contributed by atoms with E-state index < -0.39 is 10.0 Å². The van der Waals surface area contributed by atoms with Crippen LogP contribution in [-0.2, 0) is 14.8 Å². The summed E-state index contributed by atoms with van der Waals surface area (Å²) in [5, 5.41) is 2.95. The Morgan fingerprint density at radius 1 is 1.21 bits per heavy atom. The van der Waals surface area contributed by atoms with Gasteiger partial charge in [-0.2, -0.15) is 0 Å². The van der Waals surface area contributed by atoms with Crippen molar-refractivity contribution in [3.8, 4) is 0 Å². The van der Waals surface area contributed by atoms with Gasteiger partial charge in [0.05, 0.1) is 12.8 Å². The summed E-state index contributed by atoms with van der Waals surface area (Å²) in [6.45, 7) is 2.78. The number of carbonyl (C=O) groups is 1. The first-order valence-electron chi connectivity index (χ1n) is 6.89. The molecule has 1 amide bonds. The van der Waals surface area contributed by atoms with Gasteiger partial charge in [-0.1, -0.05) is 0 Å². The Labute approximate surface area is 115 Å². The van der Waals surface area contributed by atoms with Crippen LogP contribution < -0.4 is 10.0 Å². The van der Waals surface area contributed by atoms with Crippen molar-refractivity contribution in [1.82, 2.24) is 14.9 Å². The number of hydrogen-bond donors (Lipinski definition) is 2. The summed E-state index contributed by atoms with van der Waals surface area (Å²) < 4.78 is 24.9. The third-order valence-corrected chi connectivity index (χ3v) is 4.38. The van der Waals surface area contributed by atoms with Gasteiger partial charge in [0.2, 0.25) is 15.9 Å². The molecular formula is C12H23N3O3S. The van der Waals surface area contributed by atoms with E-state index in [0.717, 1.165) is 32.5 Å². The lowest BCUT2D eigenvalue weighted by molar-refractivity contribution is -0.122. The Bertz CT molecular complexity index is 412. The van der Waals surface area contributed by atoms with Gasteiger partial charge in [-0.15, -0.1) is 0 Å². The number of hydrogen-bond acceptors (Lipinski definition) is 4. The number of nitrogens with one attached hydrogen (secondary N) is 2. The summed E-state index contributed by atoms with van der Waals surface area (Å²) in [5.41, 5.74) is 0. The number of likely N-dealkylation sites (tertiary alicyclic amines) is 1. The Balaban J connectivity index is 1.63. The molecule has 0 radical (unpaired) electrons. The van der Waals surface area contributed by atoms with E-state index in [1.807, 2.05) is 0 Å². The number of sulfonamides is 1. The Morgan fingerprint density at radius 3 is 2.37 bits per heavy atom. The monoisotopic (exact) mass is 289 g/mol. The summed E-state index contributed by atoms with van der Waals surface area (Å²) in [4.78, 5) is 13.8. The molecule has 0 aromatic carbocycles. The second kappa shape index (κ2) is 6.19. The van der Waals surface area contributed by atoms with Crippen molar-refractivity contribution in [2.75, 3.05) is 32.4 Å². The van der Waals surface area contributed by atoms with Gasteiger partial charge in [0.15, 0.2) is 0 Å². The molecule has 0 aromatic rings. The predicted molar refractivity (Wildman–Crippen MR) is 73.2 cm³/mol. The smallest absolute Gasteiger partial charge is 0.234 e. The summed E-state index contributed by atoms with van der Waals surface area (Å²) in [6.07, 6.45) is 5.20. The zero-order valence-electron chi connectivity index (χ0n) is 11.4. The molecule has 19 heavy (non-hydrogen) atoms. The Hall–Kier alpha value is -0.660. The van der Waals surface area contributed by atoms with E-state index in [1.54, 1.807) is 0 Å². The fourth-order valence-corrected chi connectivity index (χ4v) is 3.19. The fraction of sp³-hybridized carbons (Fsp3) is 0.917. The maximum absolute atomic E-state index is 11.7. The number of amides is 1. The van der Waals surface area contributed by atoms with E-state index >= 15 is 0 Å². The third-order valence-electron chi connectivity index (χ3n) is 3.62. The van der Waals surface area contributed by atoms with Crippen LogP contribution in [0.15, 0.2) is 0 Å². The minimum Gasteiger partial charge on any atom is -0.355 e. The molecule has 1 saturated carbocycles. The van der Waals surface area contributed by atoms with Crippen molar-refractivity contribution in [3.05, 3.63) is 0 Å². The second-order valence-corrected chi connectivity index (χ2v) is 7.47. The summed E-state index contributed by atoms with van der Waals surface area (Å²) >= 11 is 0. The maximum atomic E-state index is 11.7. The SMILES string of the molecule is CS(=O)(=O)NC1CCN(CC(=O)NCC2CC2)CC1. The highest BCUT2D eigenvalue weighted by Crippen LogP contribution is 2.27. The van der Waals surface area contributed by atoms with Gasteiger partial charge in [0, 0.05) is 25.7 Å². The van der Waals surface area contributed by atoms with E-state index in [0.29, 0.717) is 12.5 Å². The Morgan fingerprint density at radius 2 is 1.84 bits per heavy atom. The van der Waals surface area contributed by atoms with Crippen LogP contribution in [0.25, 0.3) is 0 Å². The third kappa shape index (κ3) is 5.88. The maximum Gasteiger partial charge on any atom is 0.234 e. The first kappa shape index (κ1) is 14.7. The molecule has 2 N–H and O–H groups in total. The highest BCUT2D eigenvalue weighted by atomic mass is 32.2. The molecule has 1 aliphatic heterocycles. The van der Waals surface area contributed by atoms with Crippen molar-refractivity contribution in [1.29, 1.82) is 0 Å². The molecule has 0 aromatic heterocycles. The van der Waals surface area contributed by atoms with E-state index in [-0.39, 0.29) is 11.9 Å². The molecule has 7 heteroatoms. The van der Waals surface area contributed by atoms with Gasteiger partial charge in [-0.3, -0.25) is 9.69 Å². The zero-order valence-corrected chi connectivity index (χ0v) is 12.2. The number of nitrogens with zero attached hydrogens (tertiary/aromatic N) is 1. The molecule has 1 heterocycles. The Kier molecular flexibility index (Phi) is 4.81. The molecule has 110 valence electrons. The highest BCUT2D eigenvalue weighted by Gasteiger charge is 2.24. The highest BCUT2D eigenvalue weighted by molar-refractivity contribution is 7.88. The van der Waals surface area contributed by atoms with Crippen molar-refractivity contribution in [3.63, 3.8) is 0 Å². The molecule has 0 spiro atoms. The molecule has 0 bridgehead atoms. The molecule has 1 saturated heterocycles. The van der Waals surface area contributed by atoms with Crippen LogP contribution in [0.3, 0.4) is 0 Å². The predicted octanol–water partition coefficient (Wildman–Crippen LogP) is -0.474. The largest absolute Gasteiger partial charge is 0.355 e. The van der Waals surface area contributed by atoms with E-state index in [9.17, 15) is 13.2 Å². The van der Waals surface area contributed by atoms with Crippen LogP contribution in [0.5, 0.6) is 0 Å². The minimum atomic E-state index is -3.12. The number of piperidine rings is 1. The number of carbonyl (C=O) groups excluding carboxylic acids is 1. The first-order chi connectivity index (χ1) is 8.92. The van der Waals surface area contributed by atoms with Gasteiger partial charge >= 0.3 is 0 Å². The van der Waals surface area contributed by atoms with E-state index in [1.165, 1.54) is 19.1 Å². The van der Waals surface area contributed by atoms with Crippen LogP contribution in [0.4, 0.5) is 0 Å².